The molecule has 0 amide bonds. The molecule has 0 atom stereocenters. The number of anilines is 1. The Balaban J connectivity index is 0.000000313. The van der Waals surface area contributed by atoms with Gasteiger partial charge in [-0.1, -0.05) is 49.8 Å². The molecule has 2 aromatic carbocycles. The van der Waals surface area contributed by atoms with Crippen LogP contribution in [0.4, 0.5) is 5.00 Å². The summed E-state index contributed by atoms with van der Waals surface area (Å²) in [6, 6.07) is 14.6. The summed E-state index contributed by atoms with van der Waals surface area (Å²) in [6.45, 7) is 10.3. The van der Waals surface area contributed by atoms with E-state index in [1.807, 2.05) is 52.0 Å². The first-order chi connectivity index (χ1) is 15.6. The topological polar surface area (TPSA) is 81.6 Å². The Hall–Kier alpha value is -2.45. The Bertz CT molecular complexity index is 1050. The minimum atomic E-state index is -0.0407. The Labute approximate surface area is 211 Å². The van der Waals surface area contributed by atoms with Gasteiger partial charge in [0.2, 0.25) is 0 Å². The van der Waals surface area contributed by atoms with Crippen LogP contribution in [0, 0.1) is 13.8 Å². The van der Waals surface area contributed by atoms with Crippen LogP contribution in [-0.4, -0.2) is 22.9 Å². The first-order valence-electron chi connectivity index (χ1n) is 10.5. The van der Waals surface area contributed by atoms with E-state index in [1.165, 1.54) is 16.3 Å². The number of rotatable bonds is 5. The highest BCUT2D eigenvalue weighted by molar-refractivity contribution is 7.80. The molecule has 0 aliphatic heterocycles. The number of carbonyl (C=O) groups is 1. The number of nitrogens with zero attached hydrogens (tertiary/aromatic N) is 1. The largest absolute Gasteiger partial charge is 0.497 e. The maximum atomic E-state index is 12.3. The van der Waals surface area contributed by atoms with Crippen molar-refractivity contribution < 1.29 is 9.53 Å². The van der Waals surface area contributed by atoms with Crippen LogP contribution in [0.3, 0.4) is 0 Å². The van der Waals surface area contributed by atoms with E-state index in [-0.39, 0.29) is 5.78 Å². The van der Waals surface area contributed by atoms with Gasteiger partial charge in [-0.2, -0.15) is 0 Å². The number of nitrogens with two attached hydrogens (primary N) is 2. The van der Waals surface area contributed by atoms with Crippen LogP contribution in [0.15, 0.2) is 48.5 Å². The van der Waals surface area contributed by atoms with Gasteiger partial charge in [0.15, 0.2) is 5.78 Å². The highest BCUT2D eigenvalue weighted by atomic mass is 35.5. The van der Waals surface area contributed by atoms with Gasteiger partial charge in [0.05, 0.1) is 29.2 Å². The number of carbonyl (C=O) groups excluding carboxylic acids is 1. The summed E-state index contributed by atoms with van der Waals surface area (Å²) in [7, 11) is 1.64. The lowest BCUT2D eigenvalue weighted by atomic mass is 10.0. The minimum absolute atomic E-state index is 0.0407. The second-order valence-corrected chi connectivity index (χ2v) is 9.14. The van der Waals surface area contributed by atoms with Crippen molar-refractivity contribution in [1.82, 2.24) is 5.01 Å². The van der Waals surface area contributed by atoms with Crippen LogP contribution in [0.2, 0.25) is 5.02 Å². The summed E-state index contributed by atoms with van der Waals surface area (Å²) in [5, 5.41) is 2.74. The van der Waals surface area contributed by atoms with Crippen molar-refractivity contribution in [1.29, 1.82) is 0 Å². The lowest BCUT2D eigenvalue weighted by Crippen LogP contribution is -2.33. The van der Waals surface area contributed by atoms with E-state index < -0.39 is 0 Å². The number of thiophene rings is 1. The number of aryl methyl sites for hydroxylation is 1. The molecular formula is C25H32ClN3O2S2. The maximum Gasteiger partial charge on any atom is 0.196 e. The van der Waals surface area contributed by atoms with Crippen molar-refractivity contribution in [2.45, 2.75) is 41.2 Å². The number of hydrogen-bond acceptors (Lipinski definition) is 6. The predicted molar refractivity (Wildman–Crippen MR) is 145 cm³/mol. The molecule has 0 saturated carbocycles. The van der Waals surface area contributed by atoms with Gasteiger partial charge in [-0.3, -0.25) is 4.79 Å². The number of nitrogen functional groups attached to an aromatic ring is 1. The molecule has 0 saturated heterocycles. The van der Waals surface area contributed by atoms with E-state index >= 15 is 0 Å². The number of ether oxygens (including phenoxy) is 1. The average molecular weight is 506 g/mol. The van der Waals surface area contributed by atoms with Gasteiger partial charge in [0, 0.05) is 15.5 Å². The first-order valence-corrected chi connectivity index (χ1v) is 12.1. The standard InChI is InChI=1S/C13H12ClNOS.C10H14N2OS.C2H6/c1-7-8(2)17-13(15)11(7)12(16)9-3-5-10(14)6-4-9;1-8(14)12(11)7-9-3-5-10(13-2)6-4-9;1-2/h3-6H,15H2,1-2H3;3-6H,7,11H2,1-2H3;1-2H3. The average Bonchev–Trinajstić information content (AvgIpc) is 3.07. The van der Waals surface area contributed by atoms with Gasteiger partial charge >= 0.3 is 0 Å². The SMILES string of the molecule is CC.COc1ccc(CN(N)C(C)=S)cc1.Cc1sc(N)c(C(=O)c2ccc(Cl)cc2)c1C. The molecule has 8 heteroatoms. The number of hydrazine groups is 1. The second kappa shape index (κ2) is 14.0. The van der Waals surface area contributed by atoms with Gasteiger partial charge in [0.25, 0.3) is 0 Å². The van der Waals surface area contributed by atoms with Crippen molar-refractivity contribution in [3.05, 3.63) is 80.7 Å². The highest BCUT2D eigenvalue weighted by Gasteiger charge is 2.18. The predicted octanol–water partition coefficient (Wildman–Crippen LogP) is 6.58. The molecule has 4 N–H and O–H groups in total. The molecule has 0 radical (unpaired) electrons. The molecule has 3 aromatic rings. The van der Waals surface area contributed by atoms with Crippen LogP contribution < -0.4 is 16.3 Å². The summed E-state index contributed by atoms with van der Waals surface area (Å²) in [4.78, 5) is 14.1. The zero-order valence-corrected chi connectivity index (χ0v) is 22.3. The van der Waals surface area contributed by atoms with Crippen molar-refractivity contribution >= 4 is 50.9 Å². The van der Waals surface area contributed by atoms with Crippen molar-refractivity contribution in [3.63, 3.8) is 0 Å². The maximum absolute atomic E-state index is 12.3. The van der Waals surface area contributed by atoms with Crippen LogP contribution in [-0.2, 0) is 6.54 Å². The van der Waals surface area contributed by atoms with Gasteiger partial charge in [-0.05, 0) is 68.3 Å². The molecule has 0 unspecified atom stereocenters. The molecule has 178 valence electrons. The molecule has 1 aromatic heterocycles. The van der Waals surface area contributed by atoms with Gasteiger partial charge < -0.3 is 15.5 Å². The van der Waals surface area contributed by atoms with Crippen molar-refractivity contribution in [3.8, 4) is 5.75 Å². The van der Waals surface area contributed by atoms with E-state index in [0.717, 1.165) is 21.8 Å². The Morgan fingerprint density at radius 1 is 1.09 bits per heavy atom. The third-order valence-corrected chi connectivity index (χ3v) is 6.19. The summed E-state index contributed by atoms with van der Waals surface area (Å²) in [6.07, 6.45) is 0. The Kier molecular flexibility index (Phi) is 12.1. The Morgan fingerprint density at radius 2 is 1.64 bits per heavy atom. The van der Waals surface area contributed by atoms with E-state index in [9.17, 15) is 4.79 Å². The van der Waals surface area contributed by atoms with Gasteiger partial charge in [0.1, 0.15) is 5.75 Å². The molecule has 0 aliphatic rings. The van der Waals surface area contributed by atoms with E-state index in [1.54, 1.807) is 38.3 Å². The number of ketones is 1. The molecule has 5 nitrogen and oxygen atoms in total. The first kappa shape index (κ1) is 28.6. The highest BCUT2D eigenvalue weighted by Crippen LogP contribution is 2.31. The zero-order chi connectivity index (χ0) is 25.1. The van der Waals surface area contributed by atoms with Gasteiger partial charge in [-0.25, -0.2) is 5.84 Å². The molecule has 33 heavy (non-hydrogen) atoms. The number of benzene rings is 2. The lowest BCUT2D eigenvalue weighted by molar-refractivity contribution is 0.103. The number of thiocarbonyl (C=S) groups is 1. The smallest absolute Gasteiger partial charge is 0.196 e. The molecule has 0 fully saturated rings. The fourth-order valence-corrected chi connectivity index (χ4v) is 3.84. The monoisotopic (exact) mass is 505 g/mol. The number of halogens is 1. The summed E-state index contributed by atoms with van der Waals surface area (Å²) in [5.41, 5.74) is 9.19. The van der Waals surface area contributed by atoms with Crippen LogP contribution in [0.5, 0.6) is 5.75 Å². The fraction of sp³-hybridized carbons (Fsp3) is 0.280. The third-order valence-electron chi connectivity index (χ3n) is 4.66. The van der Waals surface area contributed by atoms with Crippen molar-refractivity contribution in [2.75, 3.05) is 12.8 Å². The van der Waals surface area contributed by atoms with Gasteiger partial charge in [-0.15, -0.1) is 11.3 Å². The molecule has 0 spiro atoms. The van der Waals surface area contributed by atoms with Crippen LogP contribution in [0.25, 0.3) is 0 Å². The van der Waals surface area contributed by atoms with E-state index in [4.69, 9.17) is 40.1 Å². The minimum Gasteiger partial charge on any atom is -0.497 e. The lowest BCUT2D eigenvalue weighted by Gasteiger charge is -2.16. The Morgan fingerprint density at radius 3 is 2.06 bits per heavy atom. The third kappa shape index (κ3) is 8.44. The molecule has 0 aliphatic carbocycles. The summed E-state index contributed by atoms with van der Waals surface area (Å²) in [5.74, 6) is 6.48. The summed E-state index contributed by atoms with van der Waals surface area (Å²) >= 11 is 12.2. The molecular weight excluding hydrogens is 474 g/mol. The number of hydrogen-bond donors (Lipinski definition) is 2. The molecule has 1 heterocycles. The molecule has 0 bridgehead atoms. The summed E-state index contributed by atoms with van der Waals surface area (Å²) < 4.78 is 5.05. The van der Waals surface area contributed by atoms with Crippen LogP contribution >= 0.6 is 35.2 Å². The normalized spacial score (nSPS) is 9.70. The number of methoxy groups -OCH3 is 1. The zero-order valence-electron chi connectivity index (χ0n) is 19.9. The van der Waals surface area contributed by atoms with E-state index in [0.29, 0.717) is 32.7 Å². The quantitative estimate of drug-likeness (QED) is 0.176. The molecule has 3 rings (SSSR count). The van der Waals surface area contributed by atoms with Crippen LogP contribution in [0.1, 0.15) is 52.7 Å². The van der Waals surface area contributed by atoms with Crippen molar-refractivity contribution in [2.24, 2.45) is 5.84 Å². The van der Waals surface area contributed by atoms with E-state index in [2.05, 4.69) is 0 Å². The second-order valence-electron chi connectivity index (χ2n) is 6.85. The fourth-order valence-electron chi connectivity index (χ4n) is 2.72.